The maximum Gasteiger partial charge on any atom is 0.290 e. The van der Waals surface area contributed by atoms with E-state index < -0.39 is 0 Å². The van der Waals surface area contributed by atoms with E-state index in [1.807, 2.05) is 76.2 Å². The highest BCUT2D eigenvalue weighted by Crippen LogP contribution is 2.44. The molecule has 206 valence electrons. The predicted molar refractivity (Wildman–Crippen MR) is 155 cm³/mol. The van der Waals surface area contributed by atoms with Gasteiger partial charge in [0.05, 0.1) is 23.6 Å². The molecule has 2 aliphatic heterocycles. The summed E-state index contributed by atoms with van der Waals surface area (Å²) >= 11 is 1.43. The van der Waals surface area contributed by atoms with Crippen molar-refractivity contribution in [3.8, 4) is 5.75 Å². The Morgan fingerprint density at radius 1 is 1.05 bits per heavy atom. The molecule has 0 bridgehead atoms. The summed E-state index contributed by atoms with van der Waals surface area (Å²) in [5, 5.41) is 10.8. The maximum absolute atomic E-state index is 12.8. The SMILES string of the molecule is Cc1cccc(N(c2ccc3c(c2)N(c2nc4c(s2)C(=O)NC(C)(C)C4)CCO3)c2cccc(C)n2)n1.O=CO. The number of nitrogens with zero attached hydrogens (tertiary/aromatic N) is 5. The molecule has 2 aliphatic rings. The van der Waals surface area contributed by atoms with E-state index in [1.165, 1.54) is 11.3 Å². The molecule has 3 aromatic heterocycles. The Bertz CT molecular complexity index is 1520. The van der Waals surface area contributed by atoms with E-state index in [-0.39, 0.29) is 17.9 Å². The summed E-state index contributed by atoms with van der Waals surface area (Å²) in [6.07, 6.45) is 0.702. The highest BCUT2D eigenvalue weighted by atomic mass is 32.1. The van der Waals surface area contributed by atoms with Crippen LogP contribution < -0.4 is 19.9 Å². The van der Waals surface area contributed by atoms with Crippen molar-refractivity contribution < 1.29 is 19.4 Å². The van der Waals surface area contributed by atoms with E-state index in [0.717, 1.165) is 51.0 Å². The zero-order valence-corrected chi connectivity index (χ0v) is 23.5. The van der Waals surface area contributed by atoms with Gasteiger partial charge in [0.2, 0.25) is 0 Å². The van der Waals surface area contributed by atoms with Gasteiger partial charge in [-0.3, -0.25) is 14.5 Å². The molecule has 0 saturated heterocycles. The van der Waals surface area contributed by atoms with Gasteiger partial charge in [0, 0.05) is 23.3 Å². The summed E-state index contributed by atoms with van der Waals surface area (Å²) in [4.78, 5) is 40.5. The van der Waals surface area contributed by atoms with Crippen LogP contribution in [0.5, 0.6) is 5.75 Å². The minimum Gasteiger partial charge on any atom is -0.490 e. The Hall–Kier alpha value is -4.51. The number of hydrogen-bond acceptors (Lipinski definition) is 9. The van der Waals surface area contributed by atoms with Gasteiger partial charge in [0.25, 0.3) is 12.4 Å². The summed E-state index contributed by atoms with van der Waals surface area (Å²) in [6, 6.07) is 18.0. The zero-order chi connectivity index (χ0) is 28.4. The third-order valence-corrected chi connectivity index (χ3v) is 7.57. The number of aryl methyl sites for hydroxylation is 2. The molecule has 0 fully saturated rings. The average Bonchev–Trinajstić information content (AvgIpc) is 3.32. The number of rotatable bonds is 4. The van der Waals surface area contributed by atoms with Crippen LogP contribution in [0, 0.1) is 13.8 Å². The molecular weight excluding hydrogens is 528 g/mol. The number of fused-ring (bicyclic) bond motifs is 2. The molecule has 0 unspecified atom stereocenters. The van der Waals surface area contributed by atoms with Gasteiger partial charge in [-0.1, -0.05) is 23.5 Å². The second kappa shape index (κ2) is 10.9. The molecule has 5 heterocycles. The van der Waals surface area contributed by atoms with Crippen LogP contribution in [-0.4, -0.2) is 51.1 Å². The predicted octanol–water partition coefficient (Wildman–Crippen LogP) is 5.32. The standard InChI is InChI=1S/C28H28N6O2S.CH2O2/c1-17-7-5-9-23(29-17)34(24-10-6-8-18(2)30-24)19-11-12-22-21(15-19)33(13-14-36-22)27-31-20-16-28(3,4)32-26(35)25(20)37-27;2-1-3/h5-12,15H,13-14,16H2,1-4H3,(H,32,35);1H,(H,2,3). The third-order valence-electron chi connectivity index (χ3n) is 6.45. The lowest BCUT2D eigenvalue weighted by Crippen LogP contribution is -2.48. The molecule has 1 amide bonds. The number of carboxylic acid groups (broad SMARTS) is 1. The molecule has 0 atom stereocenters. The summed E-state index contributed by atoms with van der Waals surface area (Å²) < 4.78 is 6.02. The molecular formula is C29H30N6O4S. The summed E-state index contributed by atoms with van der Waals surface area (Å²) in [5.41, 5.74) is 4.20. The van der Waals surface area contributed by atoms with Crippen LogP contribution in [0.1, 0.15) is 40.6 Å². The van der Waals surface area contributed by atoms with E-state index in [2.05, 4.69) is 21.2 Å². The van der Waals surface area contributed by atoms with Gasteiger partial charge in [0.15, 0.2) is 5.13 Å². The fraction of sp³-hybridized carbons (Fsp3) is 0.276. The number of nitrogens with one attached hydrogen (secondary N) is 1. The van der Waals surface area contributed by atoms with Crippen molar-refractivity contribution in [3.63, 3.8) is 0 Å². The largest absolute Gasteiger partial charge is 0.490 e. The molecule has 1 aromatic carbocycles. The molecule has 11 heteroatoms. The van der Waals surface area contributed by atoms with Gasteiger partial charge in [-0.05, 0) is 70.2 Å². The number of carbonyl (C=O) groups is 2. The molecule has 0 saturated carbocycles. The second-order valence-electron chi connectivity index (χ2n) is 10.2. The number of amides is 1. The number of benzene rings is 1. The number of pyridine rings is 2. The van der Waals surface area contributed by atoms with Crippen LogP contribution in [0.3, 0.4) is 0 Å². The summed E-state index contributed by atoms with van der Waals surface area (Å²) in [7, 11) is 0. The van der Waals surface area contributed by atoms with Crippen molar-refractivity contribution in [2.75, 3.05) is 23.0 Å². The molecule has 4 aromatic rings. The quantitative estimate of drug-likeness (QED) is 0.321. The maximum atomic E-state index is 12.8. The monoisotopic (exact) mass is 558 g/mol. The second-order valence-corrected chi connectivity index (χ2v) is 11.1. The fourth-order valence-electron chi connectivity index (χ4n) is 4.81. The number of ether oxygens (including phenoxy) is 1. The van der Waals surface area contributed by atoms with Crippen LogP contribution in [0.15, 0.2) is 54.6 Å². The molecule has 6 rings (SSSR count). The van der Waals surface area contributed by atoms with Crippen molar-refractivity contribution in [1.82, 2.24) is 20.3 Å². The highest BCUT2D eigenvalue weighted by molar-refractivity contribution is 7.17. The average molecular weight is 559 g/mol. The number of hydrogen-bond donors (Lipinski definition) is 2. The summed E-state index contributed by atoms with van der Waals surface area (Å²) in [6.45, 7) is 8.94. The van der Waals surface area contributed by atoms with Crippen molar-refractivity contribution in [3.05, 3.63) is 76.6 Å². The first-order chi connectivity index (χ1) is 19.2. The smallest absolute Gasteiger partial charge is 0.290 e. The number of anilines is 5. The molecule has 0 radical (unpaired) electrons. The van der Waals surface area contributed by atoms with Gasteiger partial charge in [-0.2, -0.15) is 0 Å². The fourth-order valence-corrected chi connectivity index (χ4v) is 5.83. The van der Waals surface area contributed by atoms with Crippen molar-refractivity contribution in [1.29, 1.82) is 0 Å². The van der Waals surface area contributed by atoms with E-state index >= 15 is 0 Å². The topological polar surface area (TPSA) is 121 Å². The Kier molecular flexibility index (Phi) is 7.40. The molecule has 40 heavy (non-hydrogen) atoms. The Morgan fingerprint density at radius 3 is 2.33 bits per heavy atom. The first-order valence-electron chi connectivity index (χ1n) is 12.8. The number of carbonyl (C=O) groups excluding carboxylic acids is 1. The van der Waals surface area contributed by atoms with Gasteiger partial charge >= 0.3 is 0 Å². The molecule has 0 aliphatic carbocycles. The minimum absolute atomic E-state index is 0.0561. The zero-order valence-electron chi connectivity index (χ0n) is 22.7. The van der Waals surface area contributed by atoms with Crippen molar-refractivity contribution in [2.24, 2.45) is 0 Å². The first-order valence-corrected chi connectivity index (χ1v) is 13.6. The van der Waals surface area contributed by atoms with Gasteiger partial charge in [0.1, 0.15) is 28.9 Å². The van der Waals surface area contributed by atoms with Gasteiger partial charge in [-0.15, -0.1) is 0 Å². The van der Waals surface area contributed by atoms with Crippen molar-refractivity contribution >= 4 is 51.9 Å². The van der Waals surface area contributed by atoms with E-state index in [0.29, 0.717) is 24.4 Å². The van der Waals surface area contributed by atoms with Crippen LogP contribution in [0.25, 0.3) is 0 Å². The first kappa shape index (κ1) is 27.1. The minimum atomic E-state index is -0.312. The van der Waals surface area contributed by atoms with Crippen LogP contribution in [-0.2, 0) is 11.2 Å². The van der Waals surface area contributed by atoms with Gasteiger partial charge in [-0.25, -0.2) is 15.0 Å². The summed E-state index contributed by atoms with van der Waals surface area (Å²) in [5.74, 6) is 2.29. The van der Waals surface area contributed by atoms with Gasteiger partial charge < -0.3 is 20.1 Å². The number of aromatic nitrogens is 3. The Balaban J connectivity index is 0.00000103. The lowest BCUT2D eigenvalue weighted by molar-refractivity contribution is -0.122. The van der Waals surface area contributed by atoms with E-state index in [1.54, 1.807) is 0 Å². The van der Waals surface area contributed by atoms with Crippen LogP contribution in [0.2, 0.25) is 0 Å². The molecule has 10 nitrogen and oxygen atoms in total. The molecule has 2 N–H and O–H groups in total. The van der Waals surface area contributed by atoms with Crippen molar-refractivity contribution in [2.45, 2.75) is 39.7 Å². The van der Waals surface area contributed by atoms with Crippen LogP contribution >= 0.6 is 11.3 Å². The van der Waals surface area contributed by atoms with E-state index in [9.17, 15) is 4.79 Å². The molecule has 0 spiro atoms. The normalized spacial score (nSPS) is 15.0. The Labute approximate surface area is 236 Å². The Morgan fingerprint density at radius 2 is 1.70 bits per heavy atom. The van der Waals surface area contributed by atoms with Crippen LogP contribution in [0.4, 0.5) is 28.1 Å². The number of thiazole rings is 1. The third kappa shape index (κ3) is 5.46. The highest BCUT2D eigenvalue weighted by Gasteiger charge is 2.35. The van der Waals surface area contributed by atoms with E-state index in [4.69, 9.17) is 29.6 Å². The lowest BCUT2D eigenvalue weighted by atomic mass is 9.94. The lowest BCUT2D eigenvalue weighted by Gasteiger charge is -2.31.